The van der Waals surface area contributed by atoms with Gasteiger partial charge in [0, 0.05) is 40.5 Å². The minimum Gasteiger partial charge on any atom is -0.356 e. The lowest BCUT2D eigenvalue weighted by Crippen LogP contribution is -2.45. The number of benzene rings is 1. The summed E-state index contributed by atoms with van der Waals surface area (Å²) in [6.07, 6.45) is 7.02. The molecule has 1 aromatic heterocycles. The number of thioether (sulfide) groups is 1. The van der Waals surface area contributed by atoms with E-state index in [4.69, 9.17) is 4.98 Å². The Kier molecular flexibility index (Phi) is 7.16. The predicted octanol–water partition coefficient (Wildman–Crippen LogP) is 4.49. The van der Waals surface area contributed by atoms with Gasteiger partial charge in [-0.3, -0.25) is 4.79 Å². The Morgan fingerprint density at radius 1 is 1.13 bits per heavy atom. The average molecular weight is 439 g/mol. The Morgan fingerprint density at radius 3 is 2.55 bits per heavy atom. The van der Waals surface area contributed by atoms with Crippen LogP contribution in [0.2, 0.25) is 0 Å². The van der Waals surface area contributed by atoms with Crippen molar-refractivity contribution < 1.29 is 4.79 Å². The molecule has 6 heteroatoms. The Morgan fingerprint density at radius 2 is 1.84 bits per heavy atom. The number of anilines is 1. The number of fused-ring (bicyclic) bond motifs is 1. The number of carbonyl (C=O) groups excluding carboxylic acids is 1. The molecule has 1 aromatic carbocycles. The number of hydrogen-bond acceptors (Lipinski definition) is 5. The smallest absolute Gasteiger partial charge is 0.224 e. The Hall–Kier alpha value is -2.08. The van der Waals surface area contributed by atoms with Crippen LogP contribution in [0.15, 0.2) is 29.2 Å². The maximum atomic E-state index is 12.6. The zero-order valence-electron chi connectivity index (χ0n) is 19.0. The van der Waals surface area contributed by atoms with Crippen molar-refractivity contribution in [3.63, 3.8) is 0 Å². The summed E-state index contributed by atoms with van der Waals surface area (Å²) in [5.74, 6) is 2.15. The average Bonchev–Trinajstić information content (AvgIpc) is 2.75. The highest BCUT2D eigenvalue weighted by Gasteiger charge is 2.26. The quantitative estimate of drug-likeness (QED) is 0.674. The third-order valence-electron chi connectivity index (χ3n) is 6.09. The van der Waals surface area contributed by atoms with Crippen molar-refractivity contribution in [3.8, 4) is 0 Å². The van der Waals surface area contributed by atoms with Crippen LogP contribution in [0.4, 0.5) is 5.82 Å². The number of piperidine rings is 1. The van der Waals surface area contributed by atoms with Crippen LogP contribution in [-0.2, 0) is 24.1 Å². The fraction of sp³-hybridized carbons (Fsp3) is 0.560. The van der Waals surface area contributed by atoms with Gasteiger partial charge >= 0.3 is 0 Å². The summed E-state index contributed by atoms with van der Waals surface area (Å²) in [4.78, 5) is 25.7. The van der Waals surface area contributed by atoms with Crippen molar-refractivity contribution in [2.45, 2.75) is 81.9 Å². The van der Waals surface area contributed by atoms with Crippen LogP contribution in [-0.4, -0.2) is 40.3 Å². The van der Waals surface area contributed by atoms with Gasteiger partial charge < -0.3 is 10.2 Å². The normalized spacial score (nSPS) is 17.0. The molecule has 1 saturated heterocycles. The maximum absolute atomic E-state index is 12.6. The zero-order chi connectivity index (χ0) is 21.8. The van der Waals surface area contributed by atoms with Gasteiger partial charge in [-0.05, 0) is 63.1 Å². The summed E-state index contributed by atoms with van der Waals surface area (Å²) < 4.78 is 0. The van der Waals surface area contributed by atoms with Crippen molar-refractivity contribution >= 4 is 23.5 Å². The molecule has 0 atom stereocenters. The van der Waals surface area contributed by atoms with Crippen LogP contribution in [0.5, 0.6) is 0 Å². The van der Waals surface area contributed by atoms with Crippen molar-refractivity contribution in [1.29, 1.82) is 0 Å². The molecule has 0 spiro atoms. The van der Waals surface area contributed by atoms with Crippen molar-refractivity contribution in [2.75, 3.05) is 18.0 Å². The van der Waals surface area contributed by atoms with Crippen LogP contribution in [0.1, 0.15) is 62.2 Å². The first-order chi connectivity index (χ1) is 15.0. The van der Waals surface area contributed by atoms with Crippen molar-refractivity contribution in [2.24, 2.45) is 0 Å². The molecule has 31 heavy (non-hydrogen) atoms. The minimum absolute atomic E-state index is 0.123. The largest absolute Gasteiger partial charge is 0.356 e. The van der Waals surface area contributed by atoms with Crippen LogP contribution in [0, 0.1) is 6.92 Å². The van der Waals surface area contributed by atoms with E-state index < -0.39 is 0 Å². The number of nitrogens with zero attached hydrogens (tertiary/aromatic N) is 3. The molecule has 1 amide bonds. The molecule has 2 aliphatic rings. The van der Waals surface area contributed by atoms with Gasteiger partial charge in [0.2, 0.25) is 5.91 Å². The van der Waals surface area contributed by atoms with Gasteiger partial charge in [0.15, 0.2) is 0 Å². The summed E-state index contributed by atoms with van der Waals surface area (Å²) in [7, 11) is 0. The van der Waals surface area contributed by atoms with E-state index in [0.29, 0.717) is 11.7 Å². The highest BCUT2D eigenvalue weighted by Crippen LogP contribution is 2.30. The first kappa shape index (κ1) is 22.1. The number of hydrogen-bond donors (Lipinski definition) is 1. The molecule has 0 saturated carbocycles. The lowest BCUT2D eigenvalue weighted by molar-refractivity contribution is -0.121. The molecular weight excluding hydrogens is 404 g/mol. The van der Waals surface area contributed by atoms with Gasteiger partial charge in [-0.25, -0.2) is 9.97 Å². The fourth-order valence-corrected chi connectivity index (χ4v) is 5.45. The van der Waals surface area contributed by atoms with Crippen molar-refractivity contribution in [3.05, 3.63) is 46.9 Å². The first-order valence-corrected chi connectivity index (χ1v) is 12.5. The number of carbonyl (C=O) groups is 1. The molecule has 0 bridgehead atoms. The second kappa shape index (κ2) is 10.0. The number of rotatable bonds is 6. The van der Waals surface area contributed by atoms with E-state index in [0.717, 1.165) is 56.0 Å². The van der Waals surface area contributed by atoms with E-state index in [1.54, 1.807) is 0 Å². The molecule has 0 unspecified atom stereocenters. The topological polar surface area (TPSA) is 58.1 Å². The van der Waals surface area contributed by atoms with E-state index in [2.05, 4.69) is 53.3 Å². The molecule has 166 valence electrons. The summed E-state index contributed by atoms with van der Waals surface area (Å²) in [5, 5.41) is 3.82. The van der Waals surface area contributed by atoms with E-state index in [1.807, 2.05) is 18.7 Å². The zero-order valence-corrected chi connectivity index (χ0v) is 19.8. The highest BCUT2D eigenvalue weighted by atomic mass is 32.2. The molecular formula is C25H34N4OS. The molecule has 1 aliphatic carbocycles. The third kappa shape index (κ3) is 5.79. The van der Waals surface area contributed by atoms with E-state index >= 15 is 0 Å². The number of aryl methyl sites for hydroxylation is 2. The van der Waals surface area contributed by atoms with Gasteiger partial charge in [-0.2, -0.15) is 0 Å². The Labute approximate surface area is 190 Å². The number of nitrogens with one attached hydrogen (secondary N) is 1. The van der Waals surface area contributed by atoms with Crippen molar-refractivity contribution in [1.82, 2.24) is 15.3 Å². The second-order valence-corrected chi connectivity index (χ2v) is 10.7. The van der Waals surface area contributed by atoms with Crippen LogP contribution >= 0.6 is 11.8 Å². The second-order valence-electron chi connectivity index (χ2n) is 9.04. The fourth-order valence-electron chi connectivity index (χ4n) is 4.61. The van der Waals surface area contributed by atoms with E-state index in [9.17, 15) is 4.79 Å². The van der Waals surface area contributed by atoms with E-state index in [-0.39, 0.29) is 11.9 Å². The number of aromatic nitrogens is 2. The summed E-state index contributed by atoms with van der Waals surface area (Å²) in [5.41, 5.74) is 3.69. The van der Waals surface area contributed by atoms with Crippen LogP contribution in [0.25, 0.3) is 0 Å². The molecule has 1 fully saturated rings. The van der Waals surface area contributed by atoms with Crippen LogP contribution in [0.3, 0.4) is 0 Å². The molecule has 2 aromatic rings. The monoisotopic (exact) mass is 438 g/mol. The molecule has 4 rings (SSSR count). The van der Waals surface area contributed by atoms with Gasteiger partial charge in [0.25, 0.3) is 0 Å². The Balaban J connectivity index is 1.29. The Bertz CT molecular complexity index is 904. The molecule has 2 heterocycles. The maximum Gasteiger partial charge on any atom is 0.224 e. The minimum atomic E-state index is 0.123. The molecule has 5 nitrogen and oxygen atoms in total. The number of amides is 1. The van der Waals surface area contributed by atoms with Gasteiger partial charge in [-0.1, -0.05) is 26.0 Å². The predicted molar refractivity (Wildman–Crippen MR) is 128 cm³/mol. The van der Waals surface area contributed by atoms with Crippen LogP contribution < -0.4 is 10.2 Å². The standard InChI is InChI=1S/C25H34N4OS/c1-17(2)31-21-10-8-19(9-11-21)16-24(30)28-20-12-14-29(15-13-20)25-22-6-4-5-7-23(22)26-18(3)27-25/h8-11,17,20H,4-7,12-16H2,1-3H3,(H,28,30). The summed E-state index contributed by atoms with van der Waals surface area (Å²) in [6, 6.07) is 8.64. The molecule has 1 aliphatic heterocycles. The molecule has 0 radical (unpaired) electrons. The SMILES string of the molecule is Cc1nc2c(c(N3CCC(NC(=O)Cc4ccc(SC(C)C)cc4)CC3)n1)CCCC2. The summed E-state index contributed by atoms with van der Waals surface area (Å²) in [6.45, 7) is 8.26. The van der Waals surface area contributed by atoms with Gasteiger partial charge in [-0.15, -0.1) is 11.8 Å². The first-order valence-electron chi connectivity index (χ1n) is 11.6. The summed E-state index contributed by atoms with van der Waals surface area (Å²) >= 11 is 1.85. The lowest BCUT2D eigenvalue weighted by atomic mass is 9.95. The van der Waals surface area contributed by atoms with Gasteiger partial charge in [0.1, 0.15) is 11.6 Å². The van der Waals surface area contributed by atoms with E-state index in [1.165, 1.54) is 29.0 Å². The van der Waals surface area contributed by atoms with Gasteiger partial charge in [0.05, 0.1) is 6.42 Å². The third-order valence-corrected chi connectivity index (χ3v) is 7.11. The highest BCUT2D eigenvalue weighted by molar-refractivity contribution is 7.99. The lowest BCUT2D eigenvalue weighted by Gasteiger charge is -2.35. The molecule has 1 N–H and O–H groups in total.